The summed E-state index contributed by atoms with van der Waals surface area (Å²) in [6.07, 6.45) is 3.90. The van der Waals surface area contributed by atoms with E-state index in [9.17, 15) is 13.0 Å². The summed E-state index contributed by atoms with van der Waals surface area (Å²) < 4.78 is 35.0. The van der Waals surface area contributed by atoms with Crippen LogP contribution in [0.5, 0.6) is 0 Å². The first-order valence-electron chi connectivity index (χ1n) is 10.7. The lowest BCUT2D eigenvalue weighted by atomic mass is 10.0. The van der Waals surface area contributed by atoms with Crippen LogP contribution in [0, 0.1) is 0 Å². The maximum atomic E-state index is 12.4. The Hall–Kier alpha value is -4.27. The monoisotopic (exact) mass is 468 g/mol. The molecule has 0 spiro atoms. The smallest absolute Gasteiger partial charge is 0.298 e. The van der Waals surface area contributed by atoms with E-state index < -0.39 is 10.1 Å². The Labute approximate surface area is 194 Å². The van der Waals surface area contributed by atoms with Gasteiger partial charge in [0.15, 0.2) is 0 Å². The van der Waals surface area contributed by atoms with Gasteiger partial charge in [-0.1, -0.05) is 30.3 Å². The Morgan fingerprint density at radius 3 is 1.88 bits per heavy atom. The highest BCUT2D eigenvalue weighted by molar-refractivity contribution is 7.95. The van der Waals surface area contributed by atoms with Crippen LogP contribution in [0.3, 0.4) is 0 Å². The molecule has 1 aliphatic rings. The highest BCUT2D eigenvalue weighted by Gasteiger charge is 2.20. The van der Waals surface area contributed by atoms with Crippen molar-refractivity contribution < 1.29 is 13.0 Å². The van der Waals surface area contributed by atoms with Crippen LogP contribution in [-0.4, -0.2) is 32.9 Å². The van der Waals surface area contributed by atoms with E-state index in [-0.39, 0.29) is 15.9 Å². The first kappa shape index (κ1) is 20.3. The number of rotatable bonds is 2. The van der Waals surface area contributed by atoms with Crippen molar-refractivity contribution in [3.05, 3.63) is 129 Å². The number of aromatic nitrogens is 4. The molecule has 34 heavy (non-hydrogen) atoms. The van der Waals surface area contributed by atoms with Crippen LogP contribution in [0.4, 0.5) is 0 Å². The lowest BCUT2D eigenvalue weighted by molar-refractivity contribution is 0.496. The van der Waals surface area contributed by atoms with Gasteiger partial charge in [0.1, 0.15) is 4.91 Å². The number of aromatic amines is 4. The zero-order valence-electron chi connectivity index (χ0n) is 17.8. The first-order chi connectivity index (χ1) is 16.4. The third-order valence-corrected chi connectivity index (χ3v) is 6.76. The Morgan fingerprint density at radius 1 is 0.588 bits per heavy atom. The van der Waals surface area contributed by atoms with E-state index >= 15 is 0 Å². The van der Waals surface area contributed by atoms with Crippen LogP contribution in [0.1, 0.15) is 28.3 Å². The van der Waals surface area contributed by atoms with E-state index in [0.29, 0.717) is 11.0 Å². The maximum Gasteiger partial charge on any atom is 0.298 e. The number of hydrogen-bond donors (Lipinski definition) is 5. The van der Waals surface area contributed by atoms with Gasteiger partial charge in [-0.2, -0.15) is 8.42 Å². The van der Waals surface area contributed by atoms with Crippen LogP contribution in [0.25, 0.3) is 22.6 Å². The van der Waals surface area contributed by atoms with Gasteiger partial charge < -0.3 is 19.9 Å². The van der Waals surface area contributed by atoms with Gasteiger partial charge in [0.25, 0.3) is 10.1 Å². The van der Waals surface area contributed by atoms with Gasteiger partial charge in [0.05, 0.1) is 11.0 Å². The summed E-state index contributed by atoms with van der Waals surface area (Å²) in [4.78, 5) is 12.9. The highest BCUT2D eigenvalue weighted by Crippen LogP contribution is 2.21. The zero-order valence-corrected chi connectivity index (χ0v) is 18.6. The Bertz CT molecular complexity index is 1880. The van der Waals surface area contributed by atoms with Gasteiger partial charge >= 0.3 is 0 Å². The minimum absolute atomic E-state index is 0.217. The van der Waals surface area contributed by atoms with Crippen molar-refractivity contribution in [3.63, 3.8) is 0 Å². The molecule has 7 nitrogen and oxygen atoms in total. The second kappa shape index (κ2) is 7.65. The van der Waals surface area contributed by atoms with E-state index in [0.717, 1.165) is 33.2 Å². The molecule has 0 radical (unpaired) electrons. The van der Waals surface area contributed by atoms with Crippen LogP contribution in [0.2, 0.25) is 0 Å². The molecule has 0 aliphatic carbocycles. The molecule has 8 bridgehead atoms. The molecule has 1 aromatic carbocycles. The second-order valence-electron chi connectivity index (χ2n) is 8.14. The molecule has 4 aromatic heterocycles. The fourth-order valence-electron chi connectivity index (χ4n) is 4.36. The van der Waals surface area contributed by atoms with Gasteiger partial charge in [-0.05, 0) is 66.2 Å². The standard InChI is InChI=1S/C26H20N4O3S/c31-34(32,33)26-23-11-9-20(29-23)15-18-7-6-17(27-18)14-19-8-10-21(28-19)25(16-4-2-1-3-5-16)22-12-13-24(26)30-22/h1-15,27-30H,(H,31,32,33). The van der Waals surface area contributed by atoms with E-state index in [1.54, 1.807) is 18.2 Å². The molecule has 0 saturated carbocycles. The molecule has 0 atom stereocenters. The quantitative estimate of drug-likeness (QED) is 0.251. The fraction of sp³-hybridized carbons (Fsp3) is 0. The summed E-state index contributed by atoms with van der Waals surface area (Å²) in [6, 6.07) is 24.6. The van der Waals surface area contributed by atoms with Crippen molar-refractivity contribution in [2.24, 2.45) is 0 Å². The van der Waals surface area contributed by atoms with Crippen molar-refractivity contribution in [2.75, 3.05) is 0 Å². The SMILES string of the molecule is O=S(=O)(O)C1=c2ccc([nH]2)=C(c2ccccc2)c2ccc([nH]2)C=c2ccc([nH]2)=Cc2ccc1[nH]2. The Balaban J connectivity index is 1.76. The number of H-pyrrole nitrogens is 4. The molecule has 0 fully saturated rings. The Morgan fingerprint density at radius 2 is 1.21 bits per heavy atom. The molecule has 1 aliphatic heterocycles. The molecule has 168 valence electrons. The van der Waals surface area contributed by atoms with Gasteiger partial charge in [0.2, 0.25) is 0 Å². The summed E-state index contributed by atoms with van der Waals surface area (Å²) in [5, 5.41) is 2.77. The van der Waals surface area contributed by atoms with Gasteiger partial charge in [-0.3, -0.25) is 4.55 Å². The van der Waals surface area contributed by atoms with Crippen LogP contribution < -0.4 is 21.4 Å². The van der Waals surface area contributed by atoms with Crippen LogP contribution in [-0.2, 0) is 10.1 Å². The number of hydrogen-bond acceptors (Lipinski definition) is 2. The van der Waals surface area contributed by atoms with Gasteiger partial charge in [-0.15, -0.1) is 0 Å². The van der Waals surface area contributed by atoms with Crippen molar-refractivity contribution >= 4 is 32.7 Å². The zero-order chi connectivity index (χ0) is 23.3. The predicted molar refractivity (Wildman–Crippen MR) is 131 cm³/mol. The molecule has 5 heterocycles. The van der Waals surface area contributed by atoms with Crippen molar-refractivity contribution in [1.82, 2.24) is 19.9 Å². The first-order valence-corrected chi connectivity index (χ1v) is 12.1. The van der Waals surface area contributed by atoms with E-state index in [2.05, 4.69) is 19.9 Å². The van der Waals surface area contributed by atoms with E-state index in [1.807, 2.05) is 72.8 Å². The number of benzene rings is 1. The van der Waals surface area contributed by atoms with Crippen molar-refractivity contribution in [2.45, 2.75) is 0 Å². The average molecular weight is 469 g/mol. The molecule has 8 heteroatoms. The largest absolute Gasteiger partial charge is 0.355 e. The van der Waals surface area contributed by atoms with E-state index in [1.165, 1.54) is 0 Å². The third-order valence-electron chi connectivity index (χ3n) is 5.80. The molecular weight excluding hydrogens is 448 g/mol. The molecule has 0 amide bonds. The summed E-state index contributed by atoms with van der Waals surface area (Å²) in [6.45, 7) is 0. The van der Waals surface area contributed by atoms with Crippen molar-refractivity contribution in [1.29, 1.82) is 0 Å². The molecule has 0 saturated heterocycles. The molecule has 6 rings (SSSR count). The normalized spacial score (nSPS) is 13.4. The maximum absolute atomic E-state index is 12.4. The molecule has 5 N–H and O–H groups in total. The second-order valence-corrected chi connectivity index (χ2v) is 9.50. The topological polar surface area (TPSA) is 118 Å². The summed E-state index contributed by atoms with van der Waals surface area (Å²) in [7, 11) is -4.54. The Kier molecular flexibility index (Phi) is 4.58. The molecule has 5 aromatic rings. The predicted octanol–water partition coefficient (Wildman–Crippen LogP) is 1.26. The summed E-state index contributed by atoms with van der Waals surface area (Å²) >= 11 is 0. The third kappa shape index (κ3) is 3.64. The number of nitrogens with one attached hydrogen (secondary N) is 4. The molecular formula is C26H20N4O3S. The summed E-state index contributed by atoms with van der Waals surface area (Å²) in [5.41, 5.74) is 4.60. The van der Waals surface area contributed by atoms with Crippen LogP contribution in [0.15, 0.2) is 78.9 Å². The minimum Gasteiger partial charge on any atom is -0.355 e. The molecule has 0 unspecified atom stereocenters. The average Bonchev–Trinajstić information content (AvgIpc) is 3.59. The number of fused-ring (bicyclic) bond motifs is 8. The van der Waals surface area contributed by atoms with E-state index in [4.69, 9.17) is 0 Å². The van der Waals surface area contributed by atoms with Gasteiger partial charge in [-0.25, -0.2) is 0 Å². The highest BCUT2D eigenvalue weighted by atomic mass is 32.2. The lowest BCUT2D eigenvalue weighted by Gasteiger charge is -2.06. The van der Waals surface area contributed by atoms with Crippen LogP contribution >= 0.6 is 0 Å². The minimum atomic E-state index is -4.54. The lowest BCUT2D eigenvalue weighted by Crippen LogP contribution is -2.20. The van der Waals surface area contributed by atoms with Crippen molar-refractivity contribution in [3.8, 4) is 0 Å². The summed E-state index contributed by atoms with van der Waals surface area (Å²) in [5.74, 6) is 0. The van der Waals surface area contributed by atoms with Gasteiger partial charge in [0, 0.05) is 38.7 Å². The fourth-order valence-corrected chi connectivity index (χ4v) is 5.15.